The second-order valence-corrected chi connectivity index (χ2v) is 3.75. The molecule has 4 heteroatoms. The van der Waals surface area contributed by atoms with Gasteiger partial charge in [-0.15, -0.1) is 0 Å². The maximum absolute atomic E-state index is 5.19. The maximum atomic E-state index is 5.19. The summed E-state index contributed by atoms with van der Waals surface area (Å²) in [4.78, 5) is 8.38. The summed E-state index contributed by atoms with van der Waals surface area (Å²) in [6.07, 6.45) is 6.16. The monoisotopic (exact) mass is 193 g/mol. The molecule has 0 aliphatic heterocycles. The lowest BCUT2D eigenvalue weighted by Crippen LogP contribution is -2.40. The van der Waals surface area contributed by atoms with Gasteiger partial charge in [0.05, 0.1) is 6.10 Å². The quantitative estimate of drug-likeness (QED) is 0.787. The molecule has 0 saturated heterocycles. The molecule has 1 N–H and O–H groups in total. The lowest BCUT2D eigenvalue weighted by molar-refractivity contribution is 0.0327. The topological polar surface area (TPSA) is 47.0 Å². The predicted molar refractivity (Wildman–Crippen MR) is 54.2 cm³/mol. The lowest BCUT2D eigenvalue weighted by Gasteiger charge is -2.34. The fraction of sp³-hybridized carbons (Fsp3) is 0.600. The summed E-state index contributed by atoms with van der Waals surface area (Å²) < 4.78 is 5.19. The minimum atomic E-state index is 0.415. The molecule has 0 bridgehead atoms. The van der Waals surface area contributed by atoms with E-state index in [9.17, 15) is 0 Å². The average Bonchev–Trinajstić information content (AvgIpc) is 2.13. The number of hydrogen-bond acceptors (Lipinski definition) is 4. The van der Waals surface area contributed by atoms with E-state index in [-0.39, 0.29) is 0 Å². The van der Waals surface area contributed by atoms with Gasteiger partial charge in [0.2, 0.25) is 5.95 Å². The highest BCUT2D eigenvalue weighted by molar-refractivity contribution is 5.27. The van der Waals surface area contributed by atoms with E-state index in [1.165, 1.54) is 0 Å². The van der Waals surface area contributed by atoms with Gasteiger partial charge in [0.25, 0.3) is 0 Å². The molecule has 1 fully saturated rings. The Morgan fingerprint density at radius 2 is 2.00 bits per heavy atom. The molecule has 1 heterocycles. The molecule has 14 heavy (non-hydrogen) atoms. The smallest absolute Gasteiger partial charge is 0.222 e. The van der Waals surface area contributed by atoms with Gasteiger partial charge < -0.3 is 10.1 Å². The Kier molecular flexibility index (Phi) is 2.63. The van der Waals surface area contributed by atoms with Gasteiger partial charge in [0, 0.05) is 25.5 Å². The van der Waals surface area contributed by atoms with E-state index in [4.69, 9.17) is 4.74 Å². The second kappa shape index (κ2) is 3.92. The number of nitrogens with one attached hydrogen (secondary N) is 1. The third-order valence-corrected chi connectivity index (χ3v) is 2.54. The number of aryl methyl sites for hydroxylation is 1. The van der Waals surface area contributed by atoms with E-state index in [1.807, 2.05) is 19.3 Å². The molecule has 1 saturated carbocycles. The molecule has 4 nitrogen and oxygen atoms in total. The minimum absolute atomic E-state index is 0.415. The van der Waals surface area contributed by atoms with Crippen molar-refractivity contribution in [2.24, 2.45) is 0 Å². The summed E-state index contributed by atoms with van der Waals surface area (Å²) in [5.41, 5.74) is 1.08. The van der Waals surface area contributed by atoms with Crippen molar-refractivity contribution < 1.29 is 4.74 Å². The van der Waals surface area contributed by atoms with Crippen LogP contribution in [0.25, 0.3) is 0 Å². The first-order chi connectivity index (χ1) is 6.78. The fourth-order valence-electron chi connectivity index (χ4n) is 1.53. The molecule has 0 spiro atoms. The maximum Gasteiger partial charge on any atom is 0.222 e. The largest absolute Gasteiger partial charge is 0.381 e. The first-order valence-corrected chi connectivity index (χ1v) is 4.86. The minimum Gasteiger partial charge on any atom is -0.381 e. The van der Waals surface area contributed by atoms with Crippen LogP contribution in [0.15, 0.2) is 12.4 Å². The average molecular weight is 193 g/mol. The van der Waals surface area contributed by atoms with Crippen molar-refractivity contribution in [3.8, 4) is 0 Å². The number of nitrogens with zero attached hydrogens (tertiary/aromatic N) is 2. The molecule has 0 radical (unpaired) electrons. The van der Waals surface area contributed by atoms with Crippen LogP contribution < -0.4 is 5.32 Å². The van der Waals surface area contributed by atoms with Crippen LogP contribution in [0.4, 0.5) is 5.95 Å². The van der Waals surface area contributed by atoms with Gasteiger partial charge in [0.1, 0.15) is 0 Å². The summed E-state index contributed by atoms with van der Waals surface area (Å²) in [7, 11) is 1.75. The van der Waals surface area contributed by atoms with E-state index in [1.54, 1.807) is 7.11 Å². The zero-order valence-electron chi connectivity index (χ0n) is 8.53. The number of anilines is 1. The van der Waals surface area contributed by atoms with Gasteiger partial charge in [-0.3, -0.25) is 0 Å². The van der Waals surface area contributed by atoms with Gasteiger partial charge in [0.15, 0.2) is 0 Å². The normalized spacial score (nSPS) is 25.6. The van der Waals surface area contributed by atoms with E-state index in [2.05, 4.69) is 15.3 Å². The van der Waals surface area contributed by atoms with Crippen molar-refractivity contribution in [3.05, 3.63) is 18.0 Å². The van der Waals surface area contributed by atoms with Gasteiger partial charge >= 0.3 is 0 Å². The molecule has 76 valence electrons. The second-order valence-electron chi connectivity index (χ2n) is 3.75. The van der Waals surface area contributed by atoms with Crippen molar-refractivity contribution in [1.82, 2.24) is 9.97 Å². The Morgan fingerprint density at radius 1 is 1.36 bits per heavy atom. The summed E-state index contributed by atoms with van der Waals surface area (Å²) in [5.74, 6) is 0.718. The third-order valence-electron chi connectivity index (χ3n) is 2.54. The van der Waals surface area contributed by atoms with E-state index in [0.717, 1.165) is 24.4 Å². The summed E-state index contributed by atoms with van der Waals surface area (Å²) in [6, 6.07) is 0.475. The van der Waals surface area contributed by atoms with Crippen LogP contribution in [0.5, 0.6) is 0 Å². The van der Waals surface area contributed by atoms with Crippen molar-refractivity contribution in [1.29, 1.82) is 0 Å². The van der Waals surface area contributed by atoms with E-state index in [0.29, 0.717) is 12.1 Å². The molecule has 2 rings (SSSR count). The Balaban J connectivity index is 1.84. The number of methoxy groups -OCH3 is 1. The molecular formula is C10H15N3O. The van der Waals surface area contributed by atoms with Crippen molar-refractivity contribution in [3.63, 3.8) is 0 Å². The molecule has 0 amide bonds. The van der Waals surface area contributed by atoms with Crippen LogP contribution >= 0.6 is 0 Å². The van der Waals surface area contributed by atoms with Gasteiger partial charge in [-0.25, -0.2) is 9.97 Å². The number of rotatable bonds is 3. The predicted octanol–water partition coefficient (Wildman–Crippen LogP) is 1.37. The highest BCUT2D eigenvalue weighted by Crippen LogP contribution is 2.24. The van der Waals surface area contributed by atoms with E-state index < -0.39 is 0 Å². The summed E-state index contributed by atoms with van der Waals surface area (Å²) in [5, 5.41) is 3.27. The van der Waals surface area contributed by atoms with Crippen molar-refractivity contribution >= 4 is 5.95 Å². The van der Waals surface area contributed by atoms with Crippen LogP contribution in [0.2, 0.25) is 0 Å². The Hall–Kier alpha value is -1.16. The summed E-state index contributed by atoms with van der Waals surface area (Å²) in [6.45, 7) is 1.98. The zero-order valence-corrected chi connectivity index (χ0v) is 8.53. The Bertz CT molecular complexity index is 293. The highest BCUT2D eigenvalue weighted by atomic mass is 16.5. The zero-order chi connectivity index (χ0) is 9.97. The number of aromatic nitrogens is 2. The van der Waals surface area contributed by atoms with Gasteiger partial charge in [-0.05, 0) is 25.3 Å². The molecule has 1 aromatic heterocycles. The van der Waals surface area contributed by atoms with Gasteiger partial charge in [-0.2, -0.15) is 0 Å². The molecule has 0 atom stereocenters. The van der Waals surface area contributed by atoms with E-state index >= 15 is 0 Å². The van der Waals surface area contributed by atoms with Crippen molar-refractivity contribution in [2.45, 2.75) is 31.9 Å². The first-order valence-electron chi connectivity index (χ1n) is 4.86. The fourth-order valence-corrected chi connectivity index (χ4v) is 1.53. The highest BCUT2D eigenvalue weighted by Gasteiger charge is 2.29. The molecule has 0 aromatic carbocycles. The summed E-state index contributed by atoms with van der Waals surface area (Å²) >= 11 is 0. The van der Waals surface area contributed by atoms with Crippen LogP contribution in [0.1, 0.15) is 18.4 Å². The first kappa shape index (κ1) is 9.40. The number of hydrogen-bond donors (Lipinski definition) is 1. The van der Waals surface area contributed by atoms with Crippen molar-refractivity contribution in [2.75, 3.05) is 12.4 Å². The van der Waals surface area contributed by atoms with Crippen LogP contribution in [-0.2, 0) is 4.74 Å². The third kappa shape index (κ3) is 2.01. The van der Waals surface area contributed by atoms with Crippen LogP contribution in [-0.4, -0.2) is 29.2 Å². The SMILES string of the molecule is COC1CC(Nc2ncc(C)cn2)C1. The van der Waals surface area contributed by atoms with Crippen LogP contribution in [0.3, 0.4) is 0 Å². The van der Waals surface area contributed by atoms with Gasteiger partial charge in [-0.1, -0.05) is 0 Å². The molecular weight excluding hydrogens is 178 g/mol. The lowest BCUT2D eigenvalue weighted by atomic mass is 9.89. The number of ether oxygens (including phenoxy) is 1. The molecule has 1 aliphatic carbocycles. The molecule has 1 aromatic rings. The standard InChI is InChI=1S/C10H15N3O/c1-7-5-11-10(12-6-7)13-8-3-9(4-8)14-2/h5-6,8-9H,3-4H2,1-2H3,(H,11,12,13). The molecule has 1 aliphatic rings. The van der Waals surface area contributed by atoms with Crippen LogP contribution in [0, 0.1) is 6.92 Å². The molecule has 0 unspecified atom stereocenters. The Morgan fingerprint density at radius 3 is 2.57 bits per heavy atom. The Labute approximate surface area is 83.7 Å².